The van der Waals surface area contributed by atoms with Crippen LogP contribution in [-0.4, -0.2) is 49.2 Å². The van der Waals surface area contributed by atoms with Crippen molar-refractivity contribution in [2.45, 2.75) is 78.4 Å². The van der Waals surface area contributed by atoms with E-state index in [0.717, 1.165) is 6.42 Å². The Kier molecular flexibility index (Phi) is 9.44. The van der Waals surface area contributed by atoms with Gasteiger partial charge in [0.15, 0.2) is 0 Å². The summed E-state index contributed by atoms with van der Waals surface area (Å²) in [5.74, 6) is -0.220. The average molecular weight is 421 g/mol. The molecule has 0 heterocycles. The van der Waals surface area contributed by atoms with Crippen LogP contribution < -0.4 is 5.32 Å². The van der Waals surface area contributed by atoms with Gasteiger partial charge in [0.2, 0.25) is 0 Å². The van der Waals surface area contributed by atoms with E-state index in [2.05, 4.69) is 5.32 Å². The Hall–Kier alpha value is -1.11. The van der Waals surface area contributed by atoms with E-state index in [1.807, 2.05) is 0 Å². The molecule has 0 aromatic carbocycles. The second kappa shape index (κ2) is 10.6. The van der Waals surface area contributed by atoms with Crippen molar-refractivity contribution in [3.63, 3.8) is 0 Å². The molecule has 0 unspecified atom stereocenters. The molecule has 0 spiro atoms. The van der Waals surface area contributed by atoms with Crippen LogP contribution in [0.4, 0.5) is 4.79 Å². The molecule has 1 N–H and O–H groups in total. The van der Waals surface area contributed by atoms with Crippen molar-refractivity contribution in [3.05, 3.63) is 0 Å². The number of ether oxygens (including phenoxy) is 2. The minimum atomic E-state index is -3.05. The van der Waals surface area contributed by atoms with Crippen molar-refractivity contribution in [2.75, 3.05) is 26.0 Å². The molecular formula is C19H36NO7P. The smallest absolute Gasteiger partial charge is 0.408 e. The predicted octanol–water partition coefficient (Wildman–Crippen LogP) is 4.27. The monoisotopic (exact) mass is 421 g/mol. The maximum absolute atomic E-state index is 12.5. The minimum absolute atomic E-state index is 0.219. The standard InChI is InChI=1S/C19H36NO7P/c1-7-24-16(21)19(20-17(22)27-18(4,5)6)13-15(14-19)11-10-12-28(23,25-8-2)26-9-3/h15H,7-14H2,1-6H3,(H,20,22). The van der Waals surface area contributed by atoms with E-state index in [-0.39, 0.29) is 12.5 Å². The number of hydrogen-bond acceptors (Lipinski definition) is 7. The highest BCUT2D eigenvalue weighted by atomic mass is 31.2. The average Bonchev–Trinajstić information content (AvgIpc) is 2.50. The zero-order valence-electron chi connectivity index (χ0n) is 18.0. The van der Waals surface area contributed by atoms with E-state index in [9.17, 15) is 14.2 Å². The first-order valence-corrected chi connectivity index (χ1v) is 11.8. The Labute approximate surface area is 168 Å². The van der Waals surface area contributed by atoms with E-state index < -0.39 is 30.8 Å². The molecule has 28 heavy (non-hydrogen) atoms. The number of hydrogen-bond donors (Lipinski definition) is 1. The number of nitrogens with one attached hydrogen (secondary N) is 1. The Morgan fingerprint density at radius 3 is 2.11 bits per heavy atom. The van der Waals surface area contributed by atoms with Gasteiger partial charge in [-0.05, 0) is 73.1 Å². The zero-order chi connectivity index (χ0) is 21.4. The molecule has 1 amide bonds. The topological polar surface area (TPSA) is 100 Å². The third-order valence-electron chi connectivity index (χ3n) is 4.38. The molecule has 164 valence electrons. The van der Waals surface area contributed by atoms with Gasteiger partial charge in [0.05, 0.1) is 26.0 Å². The number of carbonyl (C=O) groups is 2. The second-order valence-electron chi connectivity index (χ2n) is 8.02. The van der Waals surface area contributed by atoms with Gasteiger partial charge in [-0.2, -0.15) is 0 Å². The number of carbonyl (C=O) groups excluding carboxylic acids is 2. The van der Waals surface area contributed by atoms with Crippen LogP contribution in [0.15, 0.2) is 0 Å². The second-order valence-corrected chi connectivity index (χ2v) is 10.2. The first kappa shape index (κ1) is 24.9. The quantitative estimate of drug-likeness (QED) is 0.393. The van der Waals surface area contributed by atoms with E-state index in [1.165, 1.54) is 0 Å². The maximum Gasteiger partial charge on any atom is 0.408 e. The van der Waals surface area contributed by atoms with Gasteiger partial charge in [0.1, 0.15) is 11.1 Å². The first-order valence-electron chi connectivity index (χ1n) is 10.1. The highest BCUT2D eigenvalue weighted by molar-refractivity contribution is 7.53. The van der Waals surface area contributed by atoms with Crippen molar-refractivity contribution < 1.29 is 32.7 Å². The fraction of sp³-hybridized carbons (Fsp3) is 0.895. The maximum atomic E-state index is 12.5. The van der Waals surface area contributed by atoms with Crippen LogP contribution in [0.1, 0.15) is 67.2 Å². The third-order valence-corrected chi connectivity index (χ3v) is 6.54. The van der Waals surface area contributed by atoms with Crippen molar-refractivity contribution in [3.8, 4) is 0 Å². The van der Waals surface area contributed by atoms with Crippen molar-refractivity contribution in [2.24, 2.45) is 5.92 Å². The first-order chi connectivity index (χ1) is 13.0. The van der Waals surface area contributed by atoms with Crippen molar-refractivity contribution in [1.82, 2.24) is 5.32 Å². The van der Waals surface area contributed by atoms with Gasteiger partial charge < -0.3 is 23.8 Å². The van der Waals surface area contributed by atoms with E-state index in [4.69, 9.17) is 18.5 Å². The molecule has 0 aliphatic heterocycles. The van der Waals surface area contributed by atoms with Gasteiger partial charge in [-0.15, -0.1) is 0 Å². The molecule has 1 aliphatic carbocycles. The largest absolute Gasteiger partial charge is 0.464 e. The molecule has 0 radical (unpaired) electrons. The van der Waals surface area contributed by atoms with Crippen LogP contribution in [0.25, 0.3) is 0 Å². The lowest BCUT2D eigenvalue weighted by Crippen LogP contribution is -2.63. The summed E-state index contributed by atoms with van der Waals surface area (Å²) in [5, 5.41) is 2.71. The third kappa shape index (κ3) is 7.72. The van der Waals surface area contributed by atoms with Crippen LogP contribution in [-0.2, 0) is 27.9 Å². The lowest BCUT2D eigenvalue weighted by molar-refractivity contribution is -0.157. The summed E-state index contributed by atoms with van der Waals surface area (Å²) in [6.45, 7) is 11.5. The fourth-order valence-electron chi connectivity index (χ4n) is 3.35. The van der Waals surface area contributed by atoms with Gasteiger partial charge in [0.25, 0.3) is 0 Å². The molecule has 0 bridgehead atoms. The Morgan fingerprint density at radius 1 is 1.07 bits per heavy atom. The van der Waals surface area contributed by atoms with Crippen LogP contribution >= 0.6 is 7.60 Å². The highest BCUT2D eigenvalue weighted by Gasteiger charge is 2.52. The molecule has 1 saturated carbocycles. The summed E-state index contributed by atoms with van der Waals surface area (Å²) in [6.07, 6.45) is 2.08. The van der Waals surface area contributed by atoms with E-state index >= 15 is 0 Å². The summed E-state index contributed by atoms with van der Waals surface area (Å²) < 4.78 is 33.5. The summed E-state index contributed by atoms with van der Waals surface area (Å²) >= 11 is 0. The lowest BCUT2D eigenvalue weighted by atomic mass is 9.66. The molecule has 1 rings (SSSR count). The number of amides is 1. The van der Waals surface area contributed by atoms with Crippen molar-refractivity contribution >= 4 is 19.7 Å². The molecule has 0 aromatic rings. The Bertz CT molecular complexity index is 557. The minimum Gasteiger partial charge on any atom is -0.464 e. The summed E-state index contributed by atoms with van der Waals surface area (Å²) in [5.41, 5.74) is -1.70. The van der Waals surface area contributed by atoms with Crippen LogP contribution in [0.5, 0.6) is 0 Å². The Morgan fingerprint density at radius 2 is 1.64 bits per heavy atom. The SMILES string of the molecule is CCOC(=O)C1(NC(=O)OC(C)(C)C)CC(CCCP(=O)(OCC)OCC)C1. The fourth-order valence-corrected chi connectivity index (χ4v) is 5.04. The molecule has 8 nitrogen and oxygen atoms in total. The van der Waals surface area contributed by atoms with Gasteiger partial charge in [-0.25, -0.2) is 9.59 Å². The molecule has 0 aromatic heterocycles. The normalized spacial score (nSPS) is 22.3. The summed E-state index contributed by atoms with van der Waals surface area (Å²) in [7, 11) is -3.05. The molecule has 0 saturated heterocycles. The molecule has 0 atom stereocenters. The molecule has 9 heteroatoms. The van der Waals surface area contributed by atoms with E-state index in [0.29, 0.717) is 38.6 Å². The predicted molar refractivity (Wildman–Crippen MR) is 106 cm³/mol. The lowest BCUT2D eigenvalue weighted by Gasteiger charge is -2.45. The van der Waals surface area contributed by atoms with Crippen LogP contribution in [0, 0.1) is 5.92 Å². The van der Waals surface area contributed by atoms with Crippen LogP contribution in [0.2, 0.25) is 0 Å². The number of alkyl carbamates (subject to hydrolysis) is 1. The van der Waals surface area contributed by atoms with Gasteiger partial charge in [0, 0.05) is 0 Å². The number of esters is 1. The van der Waals surface area contributed by atoms with Gasteiger partial charge >= 0.3 is 19.7 Å². The Balaban J connectivity index is 2.60. The van der Waals surface area contributed by atoms with Crippen molar-refractivity contribution in [1.29, 1.82) is 0 Å². The number of rotatable bonds is 11. The van der Waals surface area contributed by atoms with Crippen LogP contribution in [0.3, 0.4) is 0 Å². The van der Waals surface area contributed by atoms with Gasteiger partial charge in [-0.1, -0.05) is 0 Å². The summed E-state index contributed by atoms with van der Waals surface area (Å²) in [6, 6.07) is 0. The molecule has 1 aliphatic rings. The molecule has 1 fully saturated rings. The highest BCUT2D eigenvalue weighted by Crippen LogP contribution is 2.50. The zero-order valence-corrected chi connectivity index (χ0v) is 18.9. The van der Waals surface area contributed by atoms with Gasteiger partial charge in [-0.3, -0.25) is 4.57 Å². The van der Waals surface area contributed by atoms with E-state index in [1.54, 1.807) is 41.5 Å². The molecular weight excluding hydrogens is 385 g/mol. The summed E-state index contributed by atoms with van der Waals surface area (Å²) in [4.78, 5) is 24.6.